The van der Waals surface area contributed by atoms with Gasteiger partial charge in [0.05, 0.1) is 11.9 Å². The van der Waals surface area contributed by atoms with Gasteiger partial charge in [0.15, 0.2) is 6.61 Å². The molecule has 0 spiro atoms. The zero-order valence-electron chi connectivity index (χ0n) is 13.1. The van der Waals surface area contributed by atoms with Gasteiger partial charge < -0.3 is 9.64 Å². The number of halogens is 3. The first-order valence-electron chi connectivity index (χ1n) is 7.18. The van der Waals surface area contributed by atoms with Gasteiger partial charge in [0.25, 0.3) is 5.91 Å². The highest BCUT2D eigenvalue weighted by atomic mass is 19.4. The topological polar surface area (TPSA) is 55.3 Å². The van der Waals surface area contributed by atoms with E-state index in [0.717, 1.165) is 0 Å². The van der Waals surface area contributed by atoms with Crippen LogP contribution in [0.5, 0.6) is 5.88 Å². The molecule has 0 aliphatic heterocycles. The molecule has 0 aliphatic carbocycles. The largest absolute Gasteiger partial charge is 0.468 e. The highest BCUT2D eigenvalue weighted by Crippen LogP contribution is 2.20. The molecule has 0 atom stereocenters. The molecular formula is C16H16F3N3O2. The predicted molar refractivity (Wildman–Crippen MR) is 82.0 cm³/mol. The number of pyridine rings is 2. The van der Waals surface area contributed by atoms with Crippen molar-refractivity contribution in [1.82, 2.24) is 9.97 Å². The number of nitrogens with zero attached hydrogens (tertiary/aromatic N) is 3. The van der Waals surface area contributed by atoms with Crippen LogP contribution in [0.1, 0.15) is 24.3 Å². The second kappa shape index (κ2) is 7.29. The Morgan fingerprint density at radius 1 is 1.25 bits per heavy atom. The van der Waals surface area contributed by atoms with Gasteiger partial charge in [-0.1, -0.05) is 6.07 Å². The van der Waals surface area contributed by atoms with Crippen LogP contribution < -0.4 is 9.64 Å². The van der Waals surface area contributed by atoms with Crippen molar-refractivity contribution in [2.45, 2.75) is 26.1 Å². The zero-order valence-corrected chi connectivity index (χ0v) is 13.1. The lowest BCUT2D eigenvalue weighted by Gasteiger charge is -2.26. The second-order valence-corrected chi connectivity index (χ2v) is 5.25. The van der Waals surface area contributed by atoms with Crippen LogP contribution >= 0.6 is 0 Å². The van der Waals surface area contributed by atoms with Gasteiger partial charge >= 0.3 is 6.18 Å². The molecule has 0 aliphatic rings. The molecule has 0 bridgehead atoms. The Bertz CT molecular complexity index is 690. The fourth-order valence-corrected chi connectivity index (χ4v) is 2.04. The SMILES string of the molecule is CC(C)N(C(=O)c1cccc(OCC(F)(F)F)n1)c1cccnc1. The van der Waals surface area contributed by atoms with Gasteiger partial charge in [-0.3, -0.25) is 9.78 Å². The minimum atomic E-state index is -4.47. The van der Waals surface area contributed by atoms with Crippen LogP contribution in [0.25, 0.3) is 0 Å². The number of amides is 1. The smallest absolute Gasteiger partial charge is 0.422 e. The Balaban J connectivity index is 2.24. The lowest BCUT2D eigenvalue weighted by Crippen LogP contribution is -2.37. The highest BCUT2D eigenvalue weighted by molar-refractivity contribution is 6.05. The van der Waals surface area contributed by atoms with Crippen LogP contribution in [0.4, 0.5) is 18.9 Å². The maximum absolute atomic E-state index is 12.7. The molecule has 1 amide bonds. The number of carbonyl (C=O) groups is 1. The third-order valence-corrected chi connectivity index (χ3v) is 2.99. The first-order valence-corrected chi connectivity index (χ1v) is 7.18. The van der Waals surface area contributed by atoms with Gasteiger partial charge in [-0.2, -0.15) is 13.2 Å². The van der Waals surface area contributed by atoms with Crippen molar-refractivity contribution in [3.05, 3.63) is 48.4 Å². The molecule has 2 aromatic heterocycles. The van der Waals surface area contributed by atoms with Crippen molar-refractivity contribution in [3.8, 4) is 5.88 Å². The average Bonchev–Trinajstić information content (AvgIpc) is 2.53. The molecule has 5 nitrogen and oxygen atoms in total. The Labute approximate surface area is 137 Å². The van der Waals surface area contributed by atoms with Crippen LogP contribution in [0, 0.1) is 0 Å². The third kappa shape index (κ3) is 4.68. The normalized spacial score (nSPS) is 11.4. The number of aromatic nitrogens is 2. The number of rotatable bonds is 5. The second-order valence-electron chi connectivity index (χ2n) is 5.25. The summed E-state index contributed by atoms with van der Waals surface area (Å²) in [7, 11) is 0. The molecule has 0 unspecified atom stereocenters. The van der Waals surface area contributed by atoms with E-state index in [1.165, 1.54) is 29.3 Å². The standard InChI is InChI=1S/C16H16F3N3O2/c1-11(2)22(12-5-4-8-20-9-12)15(23)13-6-3-7-14(21-13)24-10-16(17,18)19/h3-9,11H,10H2,1-2H3. The van der Waals surface area contributed by atoms with Crippen LogP contribution in [0.2, 0.25) is 0 Å². The number of hydrogen-bond donors (Lipinski definition) is 0. The summed E-state index contributed by atoms with van der Waals surface area (Å²) in [6, 6.07) is 7.33. The minimum Gasteiger partial charge on any atom is -0.468 e. The Kier molecular flexibility index (Phi) is 5.38. The summed E-state index contributed by atoms with van der Waals surface area (Å²) in [5.74, 6) is -0.705. The molecule has 2 heterocycles. The third-order valence-electron chi connectivity index (χ3n) is 2.99. The van der Waals surface area contributed by atoms with Crippen LogP contribution in [0.15, 0.2) is 42.7 Å². The van der Waals surface area contributed by atoms with Gasteiger partial charge in [-0.15, -0.1) is 0 Å². The van der Waals surface area contributed by atoms with E-state index < -0.39 is 18.7 Å². The Morgan fingerprint density at radius 2 is 2.00 bits per heavy atom. The summed E-state index contributed by atoms with van der Waals surface area (Å²) in [6.07, 6.45) is -1.36. The van der Waals surface area contributed by atoms with E-state index in [0.29, 0.717) is 5.69 Å². The molecule has 0 saturated carbocycles. The van der Waals surface area contributed by atoms with E-state index in [2.05, 4.69) is 14.7 Å². The molecule has 0 fully saturated rings. The van der Waals surface area contributed by atoms with Crippen molar-refractivity contribution in [2.24, 2.45) is 0 Å². The molecule has 24 heavy (non-hydrogen) atoms. The number of anilines is 1. The predicted octanol–water partition coefficient (Wildman–Crippen LogP) is 3.47. The van der Waals surface area contributed by atoms with Crippen molar-refractivity contribution in [3.63, 3.8) is 0 Å². The van der Waals surface area contributed by atoms with Crippen molar-refractivity contribution >= 4 is 11.6 Å². The van der Waals surface area contributed by atoms with Crippen LogP contribution in [-0.4, -0.2) is 34.7 Å². The lowest BCUT2D eigenvalue weighted by molar-refractivity contribution is -0.154. The molecule has 128 valence electrons. The number of alkyl halides is 3. The van der Waals surface area contributed by atoms with E-state index in [4.69, 9.17) is 0 Å². The van der Waals surface area contributed by atoms with Crippen molar-refractivity contribution < 1.29 is 22.7 Å². The highest BCUT2D eigenvalue weighted by Gasteiger charge is 2.29. The Morgan fingerprint density at radius 3 is 2.58 bits per heavy atom. The number of carbonyl (C=O) groups excluding carboxylic acids is 1. The summed E-state index contributed by atoms with van der Waals surface area (Å²) in [4.78, 5) is 22.0. The molecule has 0 saturated heterocycles. The average molecular weight is 339 g/mol. The van der Waals surface area contributed by atoms with E-state index in [9.17, 15) is 18.0 Å². The fourth-order valence-electron chi connectivity index (χ4n) is 2.04. The van der Waals surface area contributed by atoms with Gasteiger partial charge in [0, 0.05) is 18.3 Å². The summed E-state index contributed by atoms with van der Waals surface area (Å²) < 4.78 is 41.3. The molecule has 0 aromatic carbocycles. The Hall–Kier alpha value is -2.64. The van der Waals surface area contributed by atoms with E-state index in [1.807, 2.05) is 13.8 Å². The summed E-state index contributed by atoms with van der Waals surface area (Å²) in [6.45, 7) is 2.16. The van der Waals surface area contributed by atoms with E-state index in [1.54, 1.807) is 18.3 Å². The minimum absolute atomic E-state index is 0.00720. The van der Waals surface area contributed by atoms with Gasteiger partial charge in [-0.25, -0.2) is 4.98 Å². The monoisotopic (exact) mass is 339 g/mol. The van der Waals surface area contributed by atoms with Crippen molar-refractivity contribution in [2.75, 3.05) is 11.5 Å². The van der Waals surface area contributed by atoms with Crippen molar-refractivity contribution in [1.29, 1.82) is 0 Å². The number of ether oxygens (including phenoxy) is 1. The molecule has 0 radical (unpaired) electrons. The fraction of sp³-hybridized carbons (Fsp3) is 0.312. The lowest BCUT2D eigenvalue weighted by atomic mass is 10.2. The number of hydrogen-bond acceptors (Lipinski definition) is 4. The van der Waals surface area contributed by atoms with Gasteiger partial charge in [0.2, 0.25) is 5.88 Å². The van der Waals surface area contributed by atoms with Gasteiger partial charge in [-0.05, 0) is 32.0 Å². The summed E-state index contributed by atoms with van der Waals surface area (Å²) >= 11 is 0. The maximum atomic E-state index is 12.7. The molecule has 2 rings (SSSR count). The van der Waals surface area contributed by atoms with Gasteiger partial charge in [0.1, 0.15) is 5.69 Å². The van der Waals surface area contributed by atoms with E-state index in [-0.39, 0.29) is 17.6 Å². The molecule has 2 aromatic rings. The maximum Gasteiger partial charge on any atom is 0.422 e. The quantitative estimate of drug-likeness (QED) is 0.837. The summed E-state index contributed by atoms with van der Waals surface area (Å²) in [5, 5.41) is 0. The molecular weight excluding hydrogens is 323 g/mol. The van der Waals surface area contributed by atoms with E-state index >= 15 is 0 Å². The van der Waals surface area contributed by atoms with Crippen LogP contribution in [-0.2, 0) is 0 Å². The summed E-state index contributed by atoms with van der Waals surface area (Å²) in [5.41, 5.74) is 0.563. The zero-order chi connectivity index (χ0) is 17.7. The van der Waals surface area contributed by atoms with Crippen LogP contribution in [0.3, 0.4) is 0 Å². The first kappa shape index (κ1) is 17.7. The molecule has 8 heteroatoms. The first-order chi connectivity index (χ1) is 11.3. The molecule has 0 N–H and O–H groups in total.